The summed E-state index contributed by atoms with van der Waals surface area (Å²) < 4.78 is 0. The van der Waals surface area contributed by atoms with Crippen molar-refractivity contribution >= 4 is 28.9 Å². The highest BCUT2D eigenvalue weighted by molar-refractivity contribution is 6.30. The summed E-state index contributed by atoms with van der Waals surface area (Å²) >= 11 is 6.13. The lowest BCUT2D eigenvalue weighted by Crippen LogP contribution is -2.05. The Hall–Kier alpha value is -2.85. The second-order valence-corrected chi connectivity index (χ2v) is 6.76. The third kappa shape index (κ3) is 3.16. The summed E-state index contributed by atoms with van der Waals surface area (Å²) in [6, 6.07) is 16.5. The first-order valence-corrected chi connectivity index (χ1v) is 8.88. The van der Waals surface area contributed by atoms with Crippen LogP contribution in [-0.2, 0) is 12.8 Å². The number of aromatic nitrogens is 1. The molecule has 1 aliphatic rings. The van der Waals surface area contributed by atoms with Crippen molar-refractivity contribution < 1.29 is 9.90 Å². The molecule has 2 N–H and O–H groups in total. The molecule has 1 heterocycles. The quantitative estimate of drug-likeness (QED) is 0.656. The van der Waals surface area contributed by atoms with Gasteiger partial charge in [0.05, 0.1) is 16.9 Å². The van der Waals surface area contributed by atoms with E-state index >= 15 is 0 Å². The number of hydrogen-bond donors (Lipinski definition) is 2. The van der Waals surface area contributed by atoms with Crippen LogP contribution in [0.3, 0.4) is 0 Å². The Labute approximate surface area is 156 Å². The lowest BCUT2D eigenvalue weighted by atomic mass is 10.1. The van der Waals surface area contributed by atoms with E-state index < -0.39 is 5.97 Å². The van der Waals surface area contributed by atoms with Crippen LogP contribution in [0.25, 0.3) is 11.3 Å². The summed E-state index contributed by atoms with van der Waals surface area (Å²) in [4.78, 5) is 16.3. The van der Waals surface area contributed by atoms with Gasteiger partial charge in [-0.25, -0.2) is 4.79 Å². The van der Waals surface area contributed by atoms with Crippen molar-refractivity contribution in [2.24, 2.45) is 0 Å². The standard InChI is InChI=1S/C21H17ClN2O2/c22-14-6-3-5-13(11-14)19-12-20(15-8-4-10-17(15)23-19)24-18-9-2-1-7-16(18)21(25)26/h1-3,5-7,9,11-12H,4,8,10H2,(H,23,24)(H,25,26). The minimum Gasteiger partial charge on any atom is -0.478 e. The van der Waals surface area contributed by atoms with Gasteiger partial charge in [0.15, 0.2) is 0 Å². The van der Waals surface area contributed by atoms with Gasteiger partial charge in [0.2, 0.25) is 0 Å². The highest BCUT2D eigenvalue weighted by Crippen LogP contribution is 2.34. The number of anilines is 2. The van der Waals surface area contributed by atoms with Crippen molar-refractivity contribution in [3.8, 4) is 11.3 Å². The van der Waals surface area contributed by atoms with Gasteiger partial charge in [-0.15, -0.1) is 0 Å². The van der Waals surface area contributed by atoms with Gasteiger partial charge < -0.3 is 10.4 Å². The van der Waals surface area contributed by atoms with Crippen molar-refractivity contribution in [1.82, 2.24) is 4.98 Å². The molecule has 0 amide bonds. The Morgan fingerprint density at radius 2 is 1.88 bits per heavy atom. The molecule has 1 aromatic heterocycles. The minimum atomic E-state index is -0.950. The Kier molecular flexibility index (Phi) is 4.35. The second-order valence-electron chi connectivity index (χ2n) is 6.32. The number of carbonyl (C=O) groups is 1. The van der Waals surface area contributed by atoms with Crippen molar-refractivity contribution in [3.05, 3.63) is 76.4 Å². The number of fused-ring (bicyclic) bond motifs is 1. The number of carboxylic acid groups (broad SMARTS) is 1. The van der Waals surface area contributed by atoms with Gasteiger partial charge >= 0.3 is 5.97 Å². The predicted molar refractivity (Wildman–Crippen MR) is 103 cm³/mol. The zero-order chi connectivity index (χ0) is 18.1. The fourth-order valence-electron chi connectivity index (χ4n) is 3.37. The van der Waals surface area contributed by atoms with Crippen LogP contribution >= 0.6 is 11.6 Å². The molecule has 0 radical (unpaired) electrons. The Balaban J connectivity index is 1.80. The summed E-state index contributed by atoms with van der Waals surface area (Å²) in [5.41, 5.74) is 5.76. The number of nitrogens with zero attached hydrogens (tertiary/aromatic N) is 1. The summed E-state index contributed by atoms with van der Waals surface area (Å²) in [7, 11) is 0. The lowest BCUT2D eigenvalue weighted by Gasteiger charge is -2.15. The van der Waals surface area contributed by atoms with E-state index in [1.807, 2.05) is 36.4 Å². The van der Waals surface area contributed by atoms with Crippen LogP contribution in [-0.4, -0.2) is 16.1 Å². The maximum Gasteiger partial charge on any atom is 0.337 e. The topological polar surface area (TPSA) is 62.2 Å². The van der Waals surface area contributed by atoms with E-state index in [0.717, 1.165) is 47.5 Å². The highest BCUT2D eigenvalue weighted by atomic mass is 35.5. The van der Waals surface area contributed by atoms with Crippen molar-refractivity contribution in [1.29, 1.82) is 0 Å². The molecule has 0 atom stereocenters. The number of nitrogens with one attached hydrogen (secondary N) is 1. The number of pyridine rings is 1. The molecule has 1 aliphatic carbocycles. The van der Waals surface area contributed by atoms with Gasteiger partial charge in [0, 0.05) is 22.0 Å². The number of para-hydroxylation sites is 1. The van der Waals surface area contributed by atoms with Gasteiger partial charge in [-0.1, -0.05) is 35.9 Å². The fraction of sp³-hybridized carbons (Fsp3) is 0.143. The van der Waals surface area contributed by atoms with Crippen molar-refractivity contribution in [2.75, 3.05) is 5.32 Å². The van der Waals surface area contributed by atoms with Crippen LogP contribution < -0.4 is 5.32 Å². The van der Waals surface area contributed by atoms with E-state index in [-0.39, 0.29) is 5.56 Å². The molecular formula is C21H17ClN2O2. The van der Waals surface area contributed by atoms with Crippen LogP contribution in [0.1, 0.15) is 28.0 Å². The molecule has 0 unspecified atom stereocenters. The molecule has 3 aromatic rings. The smallest absolute Gasteiger partial charge is 0.337 e. The first kappa shape index (κ1) is 16.6. The monoisotopic (exact) mass is 364 g/mol. The number of halogens is 1. The van der Waals surface area contributed by atoms with Crippen LogP contribution in [0.5, 0.6) is 0 Å². The van der Waals surface area contributed by atoms with E-state index in [9.17, 15) is 9.90 Å². The molecule has 2 aromatic carbocycles. The summed E-state index contributed by atoms with van der Waals surface area (Å²) in [6.45, 7) is 0. The number of rotatable bonds is 4. The molecule has 130 valence electrons. The van der Waals surface area contributed by atoms with Crippen LogP contribution in [0.2, 0.25) is 5.02 Å². The van der Waals surface area contributed by atoms with Crippen LogP contribution in [0, 0.1) is 0 Å². The van der Waals surface area contributed by atoms with Gasteiger partial charge in [0.1, 0.15) is 0 Å². The average molecular weight is 365 g/mol. The molecule has 0 fully saturated rings. The van der Waals surface area contributed by atoms with Gasteiger partial charge in [-0.2, -0.15) is 0 Å². The first-order valence-electron chi connectivity index (χ1n) is 8.50. The van der Waals surface area contributed by atoms with E-state index in [1.165, 1.54) is 0 Å². The van der Waals surface area contributed by atoms with Crippen molar-refractivity contribution in [2.45, 2.75) is 19.3 Å². The highest BCUT2D eigenvalue weighted by Gasteiger charge is 2.20. The minimum absolute atomic E-state index is 0.250. The van der Waals surface area contributed by atoms with Gasteiger partial charge in [0.25, 0.3) is 0 Å². The van der Waals surface area contributed by atoms with E-state index in [1.54, 1.807) is 18.2 Å². The molecule has 0 saturated heterocycles. The number of aryl methyl sites for hydroxylation is 1. The molecule has 0 spiro atoms. The molecule has 0 aliphatic heterocycles. The average Bonchev–Trinajstić information content (AvgIpc) is 3.11. The van der Waals surface area contributed by atoms with Crippen LogP contribution in [0.4, 0.5) is 11.4 Å². The largest absolute Gasteiger partial charge is 0.478 e. The molecule has 0 bridgehead atoms. The summed E-state index contributed by atoms with van der Waals surface area (Å²) in [6.07, 6.45) is 2.92. The molecule has 0 saturated carbocycles. The normalized spacial score (nSPS) is 12.7. The van der Waals surface area contributed by atoms with Crippen molar-refractivity contribution in [3.63, 3.8) is 0 Å². The third-order valence-electron chi connectivity index (χ3n) is 4.60. The Morgan fingerprint density at radius 3 is 2.69 bits per heavy atom. The van der Waals surface area contributed by atoms with Crippen LogP contribution in [0.15, 0.2) is 54.6 Å². The van der Waals surface area contributed by atoms with E-state index in [2.05, 4.69) is 5.32 Å². The summed E-state index contributed by atoms with van der Waals surface area (Å²) in [5, 5.41) is 13.4. The first-order chi connectivity index (χ1) is 12.6. The zero-order valence-electron chi connectivity index (χ0n) is 14.0. The molecule has 26 heavy (non-hydrogen) atoms. The van der Waals surface area contributed by atoms with E-state index in [4.69, 9.17) is 16.6 Å². The lowest BCUT2D eigenvalue weighted by molar-refractivity contribution is 0.0698. The number of aromatic carboxylic acids is 1. The molecular weight excluding hydrogens is 348 g/mol. The second kappa shape index (κ2) is 6.81. The van der Waals surface area contributed by atoms with Gasteiger partial charge in [-0.05, 0) is 55.2 Å². The third-order valence-corrected chi connectivity index (χ3v) is 4.83. The zero-order valence-corrected chi connectivity index (χ0v) is 14.8. The maximum absolute atomic E-state index is 11.5. The van der Waals surface area contributed by atoms with E-state index in [0.29, 0.717) is 10.7 Å². The fourth-order valence-corrected chi connectivity index (χ4v) is 3.56. The Morgan fingerprint density at radius 1 is 1.04 bits per heavy atom. The SMILES string of the molecule is O=C(O)c1ccccc1Nc1cc(-c2cccc(Cl)c2)nc2c1CCC2. The van der Waals surface area contributed by atoms with Gasteiger partial charge in [-0.3, -0.25) is 4.98 Å². The Bertz CT molecular complexity index is 1000. The molecule has 4 nitrogen and oxygen atoms in total. The molecule has 4 rings (SSSR count). The number of hydrogen-bond acceptors (Lipinski definition) is 3. The maximum atomic E-state index is 11.5. The molecule has 5 heteroatoms. The predicted octanol–water partition coefficient (Wildman–Crippen LogP) is 5.33. The number of benzene rings is 2. The summed E-state index contributed by atoms with van der Waals surface area (Å²) in [5.74, 6) is -0.950. The number of carboxylic acids is 1.